The fourth-order valence-corrected chi connectivity index (χ4v) is 14.5. The number of carbonyl (C=O) groups excluding carboxylic acids is 2. The number of piperazine rings is 2. The van der Waals surface area contributed by atoms with Gasteiger partial charge in [0, 0.05) is 85.6 Å². The quantitative estimate of drug-likeness (QED) is 0.0638. The third kappa shape index (κ3) is 17.7. The minimum atomic E-state index is -1.12. The number of nitrogens with zero attached hydrogens (tertiary/aromatic N) is 8. The van der Waals surface area contributed by atoms with Gasteiger partial charge in [0.05, 0.1) is 49.3 Å². The number of nitrogens with one attached hydrogen (secondary N) is 2. The number of ether oxygens (including phenoxy) is 2. The monoisotopic (exact) mass is 1370 g/mol. The molecule has 12 rings (SSSR count). The lowest BCUT2D eigenvalue weighted by atomic mass is 9.80. The third-order valence-electron chi connectivity index (χ3n) is 17.8. The number of hydrogen-bond donors (Lipinski definition) is 4. The van der Waals surface area contributed by atoms with Crippen LogP contribution in [0.5, 0.6) is 0 Å². The zero-order chi connectivity index (χ0) is 59.7. The second kappa shape index (κ2) is 34.7. The highest BCUT2D eigenvalue weighted by Gasteiger charge is 2.46. The van der Waals surface area contributed by atoms with E-state index in [-0.39, 0.29) is 114 Å². The molecule has 6 atom stereocenters. The van der Waals surface area contributed by atoms with E-state index in [9.17, 15) is 19.8 Å². The van der Waals surface area contributed by atoms with Crippen LogP contribution in [0.4, 0.5) is 0 Å². The van der Waals surface area contributed by atoms with Crippen LogP contribution in [0.15, 0.2) is 157 Å². The Morgan fingerprint density at radius 3 is 1.25 bits per heavy atom. The van der Waals surface area contributed by atoms with E-state index in [1.807, 2.05) is 145 Å². The number of imidazole rings is 2. The highest BCUT2D eigenvalue weighted by atomic mass is 35.5. The van der Waals surface area contributed by atoms with Crippen molar-refractivity contribution in [3.63, 3.8) is 0 Å². The molecule has 500 valence electrons. The summed E-state index contributed by atoms with van der Waals surface area (Å²) in [6.45, 7) is 12.5. The number of hydrogen-bond acceptors (Lipinski definition) is 14. The van der Waals surface area contributed by atoms with E-state index in [1.54, 1.807) is 47.7 Å². The zero-order valence-electron chi connectivity index (χ0n) is 51.6. The van der Waals surface area contributed by atoms with Crippen molar-refractivity contribution in [3.8, 4) is 22.5 Å². The second-order valence-corrected chi connectivity index (χ2v) is 26.3. The number of carbonyl (C=O) groups is 2. The second-order valence-electron chi connectivity index (χ2n) is 24.5. The SMILES string of the molecule is C.C.CC(C)(OC[C@@]1(O)CCCC[C@@H]1n1cnc(C(=O)N2CCNC[C@H]2Cc2ccccc2)c1-c1ccccc1)c1nccs1.CC(C)(OC[C@]1(O)CCCC[C@H]1n1cnc(C(=O)N2CCNC[C@H]2Cc2ccccc2)c1-c1ccccc1)c1nccs1.Cl.Cl.Cl.Cl. The lowest BCUT2D eigenvalue weighted by Crippen LogP contribution is -2.54. The van der Waals surface area contributed by atoms with Gasteiger partial charge in [-0.05, 0) is 77.3 Å². The van der Waals surface area contributed by atoms with Crippen molar-refractivity contribution in [1.82, 2.24) is 49.5 Å². The first kappa shape index (κ1) is 77.1. The summed E-state index contributed by atoms with van der Waals surface area (Å²) in [5.74, 6) is -0.138. The van der Waals surface area contributed by atoms with Crippen molar-refractivity contribution in [3.05, 3.63) is 190 Å². The molecule has 0 unspecified atom stereocenters. The molecule has 2 aliphatic carbocycles. The van der Waals surface area contributed by atoms with Gasteiger partial charge < -0.3 is 49.3 Å². The van der Waals surface area contributed by atoms with Crippen molar-refractivity contribution < 1.29 is 29.3 Å². The molecule has 2 saturated carbocycles. The molecule has 4 aromatic heterocycles. The van der Waals surface area contributed by atoms with Gasteiger partial charge in [0.25, 0.3) is 11.8 Å². The van der Waals surface area contributed by atoms with E-state index in [0.717, 1.165) is 110 Å². The molecule has 16 nitrogen and oxygen atoms in total. The van der Waals surface area contributed by atoms with Gasteiger partial charge in [0.15, 0.2) is 11.4 Å². The van der Waals surface area contributed by atoms with E-state index in [4.69, 9.17) is 19.4 Å². The Bertz CT molecular complexity index is 3230. The van der Waals surface area contributed by atoms with Crippen LogP contribution in [0.25, 0.3) is 22.5 Å². The summed E-state index contributed by atoms with van der Waals surface area (Å²) < 4.78 is 16.9. The molecule has 4 fully saturated rings. The Hall–Kier alpha value is -5.58. The van der Waals surface area contributed by atoms with Gasteiger partial charge in [-0.2, -0.15) is 0 Å². The first-order chi connectivity index (χ1) is 41.7. The Balaban J connectivity index is 0.000000313. The lowest BCUT2D eigenvalue weighted by Gasteiger charge is -2.42. The van der Waals surface area contributed by atoms with Gasteiger partial charge in [0.1, 0.15) is 32.4 Å². The first-order valence-electron chi connectivity index (χ1n) is 30.6. The van der Waals surface area contributed by atoms with Crippen molar-refractivity contribution in [1.29, 1.82) is 0 Å². The average Bonchev–Trinajstić information content (AvgIpc) is 1.56. The molecule has 22 heteroatoms. The van der Waals surface area contributed by atoms with Crippen molar-refractivity contribution in [2.45, 2.75) is 153 Å². The van der Waals surface area contributed by atoms with Crippen LogP contribution in [0, 0.1) is 0 Å². The molecule has 2 amide bonds. The summed E-state index contributed by atoms with van der Waals surface area (Å²) >= 11 is 3.11. The van der Waals surface area contributed by atoms with Crippen LogP contribution in [0.1, 0.15) is 148 Å². The molecule has 92 heavy (non-hydrogen) atoms. The van der Waals surface area contributed by atoms with Crippen LogP contribution in [0.2, 0.25) is 0 Å². The van der Waals surface area contributed by atoms with Gasteiger partial charge in [-0.15, -0.1) is 72.3 Å². The number of aromatic nitrogens is 6. The normalized spacial score (nSPS) is 21.4. The molecule has 4 aromatic carbocycles. The van der Waals surface area contributed by atoms with Crippen LogP contribution in [-0.4, -0.2) is 137 Å². The van der Waals surface area contributed by atoms with Crippen LogP contribution in [0.3, 0.4) is 0 Å². The molecular formula is C70H94Cl4N10O6S2. The maximum atomic E-state index is 14.4. The van der Waals surface area contributed by atoms with Crippen LogP contribution < -0.4 is 10.6 Å². The number of rotatable bonds is 18. The molecule has 4 aliphatic rings. The average molecular weight is 1380 g/mol. The highest BCUT2D eigenvalue weighted by molar-refractivity contribution is 7.09. The minimum absolute atomic E-state index is 0. The number of amides is 2. The number of aliphatic hydroxyl groups is 2. The van der Waals surface area contributed by atoms with Crippen molar-refractivity contribution >= 4 is 84.1 Å². The molecule has 8 aromatic rings. The molecule has 2 aliphatic heterocycles. The summed E-state index contributed by atoms with van der Waals surface area (Å²) in [5.41, 5.74) is 3.12. The maximum absolute atomic E-state index is 14.4. The predicted molar refractivity (Wildman–Crippen MR) is 381 cm³/mol. The van der Waals surface area contributed by atoms with Crippen LogP contribution >= 0.6 is 72.3 Å². The van der Waals surface area contributed by atoms with Gasteiger partial charge in [0.2, 0.25) is 0 Å². The maximum Gasteiger partial charge on any atom is 0.275 e. The highest BCUT2D eigenvalue weighted by Crippen LogP contribution is 2.45. The minimum Gasteiger partial charge on any atom is -0.385 e. The Morgan fingerprint density at radius 2 is 0.902 bits per heavy atom. The van der Waals surface area contributed by atoms with Gasteiger partial charge >= 0.3 is 0 Å². The summed E-state index contributed by atoms with van der Waals surface area (Å²) in [5, 5.41) is 37.0. The Labute approximate surface area is 577 Å². The summed E-state index contributed by atoms with van der Waals surface area (Å²) in [6, 6.07) is 40.1. The van der Waals surface area contributed by atoms with E-state index < -0.39 is 22.4 Å². The third-order valence-corrected chi connectivity index (χ3v) is 19.9. The number of thiazole rings is 2. The predicted octanol–water partition coefficient (Wildman–Crippen LogP) is 13.9. The van der Waals surface area contributed by atoms with Gasteiger partial charge in [-0.25, -0.2) is 19.9 Å². The Morgan fingerprint density at radius 1 is 0.543 bits per heavy atom. The van der Waals surface area contributed by atoms with Crippen molar-refractivity contribution in [2.24, 2.45) is 0 Å². The van der Waals surface area contributed by atoms with E-state index >= 15 is 0 Å². The molecule has 4 N–H and O–H groups in total. The summed E-state index contributed by atoms with van der Waals surface area (Å²) in [6.07, 6.45) is 15.2. The molecule has 2 saturated heterocycles. The van der Waals surface area contributed by atoms with E-state index in [1.165, 1.54) is 11.1 Å². The number of halogens is 4. The summed E-state index contributed by atoms with van der Waals surface area (Å²) in [7, 11) is 0. The molecule has 6 heterocycles. The van der Waals surface area contributed by atoms with Crippen molar-refractivity contribution in [2.75, 3.05) is 52.5 Å². The first-order valence-corrected chi connectivity index (χ1v) is 32.4. The molecular weight excluding hydrogens is 1280 g/mol. The molecule has 0 spiro atoms. The zero-order valence-corrected chi connectivity index (χ0v) is 56.5. The standard InChI is InChI=1S/2C34H41N5O3S.2CH4.4ClH/c2*1-33(2,32-36-18-20-43-32)42-23-34(41)16-10-9-15-28(34)39-24-37-29(30(39)26-13-7-4-8-14-26)31(40)38-19-17-35-22-27(38)21-25-11-5-3-6-12-25;;;;;;/h2*3-8,11-14,18,20,24,27-28,35,41H,9-10,15-17,19,21-23H2,1-2H3;2*1H4;4*1H/t27-,28+,34+;27-,28-,34-;;;;;;/m11....../s1. The van der Waals surface area contributed by atoms with E-state index in [2.05, 4.69) is 54.0 Å². The largest absolute Gasteiger partial charge is 0.385 e. The smallest absolute Gasteiger partial charge is 0.275 e. The van der Waals surface area contributed by atoms with Crippen LogP contribution in [-0.2, 0) is 33.5 Å². The fourth-order valence-electron chi connectivity index (χ4n) is 13.1. The fraction of sp³-hybridized carbons (Fsp3) is 0.457. The van der Waals surface area contributed by atoms with Gasteiger partial charge in [-0.3, -0.25) is 9.59 Å². The molecule has 0 bridgehead atoms. The lowest BCUT2D eigenvalue weighted by molar-refractivity contribution is -0.142. The Kier molecular flexibility index (Phi) is 29.1. The molecule has 0 radical (unpaired) electrons. The van der Waals surface area contributed by atoms with E-state index in [0.29, 0.717) is 37.3 Å². The summed E-state index contributed by atoms with van der Waals surface area (Å²) in [4.78, 5) is 51.2. The topological polar surface area (TPSA) is 185 Å². The van der Waals surface area contributed by atoms with Gasteiger partial charge in [-0.1, -0.05) is 162 Å². The number of benzene rings is 4.